The van der Waals surface area contributed by atoms with Crippen LogP contribution in [0.15, 0.2) is 48.5 Å². The van der Waals surface area contributed by atoms with Crippen molar-refractivity contribution in [1.82, 2.24) is 9.80 Å². The van der Waals surface area contributed by atoms with Crippen molar-refractivity contribution < 1.29 is 4.79 Å². The van der Waals surface area contributed by atoms with E-state index in [2.05, 4.69) is 87.7 Å². The average Bonchev–Trinajstić information content (AvgIpc) is 2.81. The number of amides is 1. The van der Waals surface area contributed by atoms with Gasteiger partial charge in [0.25, 0.3) is 0 Å². The lowest BCUT2D eigenvalue weighted by Gasteiger charge is -2.49. The van der Waals surface area contributed by atoms with Crippen molar-refractivity contribution in [1.29, 1.82) is 0 Å². The summed E-state index contributed by atoms with van der Waals surface area (Å²) in [6.45, 7) is 15.9. The van der Waals surface area contributed by atoms with Gasteiger partial charge in [-0.1, -0.05) is 114 Å². The maximum absolute atomic E-state index is 13.6. The molecule has 2 atom stereocenters. The highest BCUT2D eigenvalue weighted by atomic mass is 35.5. The van der Waals surface area contributed by atoms with Crippen LogP contribution in [0.2, 0.25) is 5.02 Å². The van der Waals surface area contributed by atoms with E-state index in [9.17, 15) is 4.79 Å². The Kier molecular flexibility index (Phi) is 9.84. The number of carbonyl (C=O) groups excluding carboxylic acids is 1. The van der Waals surface area contributed by atoms with Crippen molar-refractivity contribution in [2.45, 2.75) is 85.7 Å². The largest absolute Gasteiger partial charge is 0.337 e. The number of rotatable bonds is 9. The van der Waals surface area contributed by atoms with Gasteiger partial charge in [-0.05, 0) is 41.5 Å². The summed E-state index contributed by atoms with van der Waals surface area (Å²) in [4.78, 5) is 18.4. The summed E-state index contributed by atoms with van der Waals surface area (Å²) in [5.41, 5.74) is 3.80. The summed E-state index contributed by atoms with van der Waals surface area (Å²) < 4.78 is 0. The number of halogens is 1. The Morgan fingerprint density at radius 3 is 2.00 bits per heavy atom. The zero-order chi connectivity index (χ0) is 25.6. The van der Waals surface area contributed by atoms with Crippen molar-refractivity contribution in [2.24, 2.45) is 11.3 Å². The van der Waals surface area contributed by atoms with Gasteiger partial charge in [-0.3, -0.25) is 9.69 Å². The summed E-state index contributed by atoms with van der Waals surface area (Å²) in [5, 5.41) is 0.758. The molecule has 0 bridgehead atoms. The lowest BCUT2D eigenvalue weighted by atomic mass is 9.82. The van der Waals surface area contributed by atoms with E-state index in [4.69, 9.17) is 11.6 Å². The molecule has 1 heterocycles. The number of aryl methyl sites for hydroxylation is 1. The normalized spacial score (nSPS) is 18.2. The molecular formula is C31H45ClN2O. The topological polar surface area (TPSA) is 23.6 Å². The zero-order valence-corrected chi connectivity index (χ0v) is 23.4. The molecular weight excluding hydrogens is 452 g/mol. The molecule has 1 aliphatic rings. The van der Waals surface area contributed by atoms with Crippen molar-refractivity contribution >= 4 is 17.5 Å². The standard InChI is InChI=1S/C31H45ClN2O/c1-7-9-24(10-8-2)21-29(35)34-20-19-33(22-28(34)31(4,5)6)30(25-13-11-23(3)12-14-25)26-15-17-27(32)18-16-26/h11-18,24,28,30H,7-10,19-22H2,1-6H3. The number of piperazine rings is 1. The summed E-state index contributed by atoms with van der Waals surface area (Å²) in [7, 11) is 0. The van der Waals surface area contributed by atoms with Crippen molar-refractivity contribution in [3.63, 3.8) is 0 Å². The van der Waals surface area contributed by atoms with Gasteiger partial charge >= 0.3 is 0 Å². The molecule has 2 unspecified atom stereocenters. The van der Waals surface area contributed by atoms with E-state index >= 15 is 0 Å². The molecule has 192 valence electrons. The van der Waals surface area contributed by atoms with Gasteiger partial charge < -0.3 is 4.90 Å². The van der Waals surface area contributed by atoms with E-state index in [0.717, 1.165) is 50.3 Å². The summed E-state index contributed by atoms with van der Waals surface area (Å²) in [6.07, 6.45) is 5.27. The van der Waals surface area contributed by atoms with Gasteiger partial charge in [-0.15, -0.1) is 0 Å². The molecule has 0 aliphatic carbocycles. The number of hydrogen-bond acceptors (Lipinski definition) is 2. The highest BCUT2D eigenvalue weighted by Gasteiger charge is 2.40. The third kappa shape index (κ3) is 7.33. The molecule has 2 aromatic rings. The molecule has 35 heavy (non-hydrogen) atoms. The Morgan fingerprint density at radius 1 is 0.943 bits per heavy atom. The van der Waals surface area contributed by atoms with Crippen LogP contribution in [0.3, 0.4) is 0 Å². The van der Waals surface area contributed by atoms with E-state index in [1.165, 1.54) is 16.7 Å². The van der Waals surface area contributed by atoms with Crippen LogP contribution in [0, 0.1) is 18.3 Å². The number of nitrogens with zero attached hydrogens (tertiary/aromatic N) is 2. The fourth-order valence-electron chi connectivity index (χ4n) is 5.62. The van der Waals surface area contributed by atoms with Crippen molar-refractivity contribution in [2.75, 3.05) is 19.6 Å². The number of hydrogen-bond donors (Lipinski definition) is 0. The minimum atomic E-state index is -0.00282. The first-order valence-corrected chi connectivity index (χ1v) is 13.9. The molecule has 1 amide bonds. The fourth-order valence-corrected chi connectivity index (χ4v) is 5.74. The van der Waals surface area contributed by atoms with E-state index in [0.29, 0.717) is 18.2 Å². The van der Waals surface area contributed by atoms with E-state index in [-0.39, 0.29) is 17.5 Å². The minimum absolute atomic E-state index is 0.00282. The molecule has 1 saturated heterocycles. The Morgan fingerprint density at radius 2 is 1.49 bits per heavy atom. The van der Waals surface area contributed by atoms with Gasteiger partial charge in [-0.2, -0.15) is 0 Å². The van der Waals surface area contributed by atoms with Crippen LogP contribution in [0.4, 0.5) is 0 Å². The monoisotopic (exact) mass is 496 g/mol. The molecule has 0 N–H and O–H groups in total. The first-order valence-electron chi connectivity index (χ1n) is 13.5. The molecule has 0 aromatic heterocycles. The predicted octanol–water partition coefficient (Wildman–Crippen LogP) is 7.90. The lowest BCUT2D eigenvalue weighted by Crippen LogP contribution is -2.60. The van der Waals surface area contributed by atoms with Gasteiger partial charge in [0, 0.05) is 37.1 Å². The fraction of sp³-hybridized carbons (Fsp3) is 0.581. The maximum Gasteiger partial charge on any atom is 0.223 e. The number of carbonyl (C=O) groups is 1. The highest BCUT2D eigenvalue weighted by Crippen LogP contribution is 2.36. The van der Waals surface area contributed by atoms with Crippen LogP contribution in [-0.4, -0.2) is 41.4 Å². The zero-order valence-electron chi connectivity index (χ0n) is 22.7. The summed E-state index contributed by atoms with van der Waals surface area (Å²) in [5.74, 6) is 0.848. The Balaban J connectivity index is 1.88. The van der Waals surface area contributed by atoms with Gasteiger partial charge in [0.05, 0.1) is 6.04 Å². The Bertz CT molecular complexity index is 880. The summed E-state index contributed by atoms with van der Waals surface area (Å²) >= 11 is 6.23. The number of benzene rings is 2. The van der Waals surface area contributed by atoms with Crippen LogP contribution in [0.25, 0.3) is 0 Å². The van der Waals surface area contributed by atoms with Gasteiger partial charge in [-0.25, -0.2) is 0 Å². The average molecular weight is 497 g/mol. The molecule has 1 fully saturated rings. The Hall–Kier alpha value is -1.84. The Labute approximate surface area is 218 Å². The molecule has 0 radical (unpaired) electrons. The minimum Gasteiger partial charge on any atom is -0.337 e. The van der Waals surface area contributed by atoms with E-state index in [1.54, 1.807) is 0 Å². The van der Waals surface area contributed by atoms with Crippen LogP contribution >= 0.6 is 11.6 Å². The second-order valence-corrected chi connectivity index (χ2v) is 11.9. The maximum atomic E-state index is 13.6. The van der Waals surface area contributed by atoms with Crippen molar-refractivity contribution in [3.05, 3.63) is 70.2 Å². The predicted molar refractivity (Wildman–Crippen MR) is 149 cm³/mol. The smallest absolute Gasteiger partial charge is 0.223 e. The first kappa shape index (κ1) is 27.7. The molecule has 0 saturated carbocycles. The van der Waals surface area contributed by atoms with Gasteiger partial charge in [0.15, 0.2) is 0 Å². The SMILES string of the molecule is CCCC(CCC)CC(=O)N1CCN(C(c2ccc(C)cc2)c2ccc(Cl)cc2)CC1C(C)(C)C. The quantitative estimate of drug-likeness (QED) is 0.352. The van der Waals surface area contributed by atoms with Gasteiger partial charge in [0.2, 0.25) is 5.91 Å². The molecule has 4 heteroatoms. The van der Waals surface area contributed by atoms with Crippen LogP contribution in [-0.2, 0) is 4.79 Å². The first-order chi connectivity index (χ1) is 16.6. The molecule has 2 aromatic carbocycles. The molecule has 0 spiro atoms. The third-order valence-electron chi connectivity index (χ3n) is 7.53. The molecule has 1 aliphatic heterocycles. The van der Waals surface area contributed by atoms with Crippen LogP contribution < -0.4 is 0 Å². The second-order valence-electron chi connectivity index (χ2n) is 11.5. The van der Waals surface area contributed by atoms with E-state index in [1.807, 2.05) is 12.1 Å². The van der Waals surface area contributed by atoms with Crippen LogP contribution in [0.1, 0.15) is 89.5 Å². The highest BCUT2D eigenvalue weighted by molar-refractivity contribution is 6.30. The molecule has 3 nitrogen and oxygen atoms in total. The van der Waals surface area contributed by atoms with E-state index < -0.39 is 0 Å². The molecule has 3 rings (SSSR count). The van der Waals surface area contributed by atoms with Gasteiger partial charge in [0.1, 0.15) is 0 Å². The van der Waals surface area contributed by atoms with Crippen molar-refractivity contribution in [3.8, 4) is 0 Å². The van der Waals surface area contributed by atoms with Crippen LogP contribution in [0.5, 0.6) is 0 Å². The third-order valence-corrected chi connectivity index (χ3v) is 7.78. The second kappa shape index (κ2) is 12.4. The summed E-state index contributed by atoms with van der Waals surface area (Å²) in [6, 6.07) is 17.5. The lowest BCUT2D eigenvalue weighted by molar-refractivity contribution is -0.141.